The highest BCUT2D eigenvalue weighted by molar-refractivity contribution is 5.77. The molecule has 1 aromatic carbocycles. The minimum Gasteiger partial charge on any atom is -0.399 e. The number of anilines is 1. The molecule has 0 aliphatic carbocycles. The van der Waals surface area contributed by atoms with E-state index >= 15 is 0 Å². The van der Waals surface area contributed by atoms with Crippen molar-refractivity contribution in [2.45, 2.75) is 39.2 Å². The van der Waals surface area contributed by atoms with Gasteiger partial charge in [-0.1, -0.05) is 25.1 Å². The van der Waals surface area contributed by atoms with E-state index in [2.05, 4.69) is 13.8 Å². The summed E-state index contributed by atoms with van der Waals surface area (Å²) in [6.07, 6.45) is 2.12. The Hall–Kier alpha value is -1.55. The third kappa shape index (κ3) is 4.85. The van der Waals surface area contributed by atoms with E-state index < -0.39 is 0 Å². The van der Waals surface area contributed by atoms with Gasteiger partial charge in [-0.25, -0.2) is 0 Å². The monoisotopic (exact) mass is 278 g/mol. The van der Waals surface area contributed by atoms with Crippen LogP contribution in [0.25, 0.3) is 0 Å². The number of benzene rings is 1. The number of nitrogens with two attached hydrogens (primary N) is 1. The standard InChI is InChI=1S/C16H26N2O2/c1-4-13(2)18(11-12-20-3)16(19)10-9-14-7-5-6-8-15(14)17/h5-8,13H,4,9-12,17H2,1-3H3. The Morgan fingerprint density at radius 1 is 1.40 bits per heavy atom. The first kappa shape index (κ1) is 16.5. The predicted octanol–water partition coefficient (Wildman–Crippen LogP) is 2.47. The van der Waals surface area contributed by atoms with Gasteiger partial charge in [-0.05, 0) is 31.4 Å². The number of hydrogen-bond acceptors (Lipinski definition) is 3. The van der Waals surface area contributed by atoms with Gasteiger partial charge in [0.1, 0.15) is 0 Å². The van der Waals surface area contributed by atoms with Crippen molar-refractivity contribution in [1.29, 1.82) is 0 Å². The third-order valence-electron chi connectivity index (χ3n) is 3.64. The lowest BCUT2D eigenvalue weighted by molar-refractivity contribution is -0.134. The maximum atomic E-state index is 12.4. The number of para-hydroxylation sites is 1. The molecule has 20 heavy (non-hydrogen) atoms. The van der Waals surface area contributed by atoms with Crippen molar-refractivity contribution in [2.75, 3.05) is 26.0 Å². The highest BCUT2D eigenvalue weighted by Crippen LogP contribution is 2.14. The number of ether oxygens (including phenoxy) is 1. The largest absolute Gasteiger partial charge is 0.399 e. The lowest BCUT2D eigenvalue weighted by atomic mass is 10.1. The highest BCUT2D eigenvalue weighted by Gasteiger charge is 2.18. The lowest BCUT2D eigenvalue weighted by Gasteiger charge is -2.28. The normalized spacial score (nSPS) is 12.2. The van der Waals surface area contributed by atoms with E-state index in [-0.39, 0.29) is 11.9 Å². The molecule has 112 valence electrons. The van der Waals surface area contributed by atoms with Crippen LogP contribution in [0.15, 0.2) is 24.3 Å². The Morgan fingerprint density at radius 2 is 2.10 bits per heavy atom. The van der Waals surface area contributed by atoms with Crippen LogP contribution in [0.3, 0.4) is 0 Å². The Labute approximate surface area is 121 Å². The van der Waals surface area contributed by atoms with E-state index in [9.17, 15) is 4.79 Å². The van der Waals surface area contributed by atoms with Crippen LogP contribution in [0.2, 0.25) is 0 Å². The smallest absolute Gasteiger partial charge is 0.223 e. The molecule has 0 aliphatic heterocycles. The molecule has 1 rings (SSSR count). The van der Waals surface area contributed by atoms with Crippen molar-refractivity contribution in [1.82, 2.24) is 4.90 Å². The summed E-state index contributed by atoms with van der Waals surface area (Å²) in [5.41, 5.74) is 7.70. The second kappa shape index (κ2) is 8.59. The highest BCUT2D eigenvalue weighted by atomic mass is 16.5. The molecule has 4 heteroatoms. The maximum Gasteiger partial charge on any atom is 0.223 e. The maximum absolute atomic E-state index is 12.4. The molecule has 4 nitrogen and oxygen atoms in total. The number of amides is 1. The van der Waals surface area contributed by atoms with E-state index in [4.69, 9.17) is 10.5 Å². The van der Waals surface area contributed by atoms with Gasteiger partial charge in [0, 0.05) is 31.8 Å². The van der Waals surface area contributed by atoms with Crippen molar-refractivity contribution in [3.63, 3.8) is 0 Å². The SMILES string of the molecule is CCC(C)N(CCOC)C(=O)CCc1ccccc1N. The van der Waals surface area contributed by atoms with Gasteiger partial charge in [-0.15, -0.1) is 0 Å². The van der Waals surface area contributed by atoms with E-state index in [0.29, 0.717) is 26.0 Å². The first-order chi connectivity index (χ1) is 9.60. The molecular formula is C16H26N2O2. The van der Waals surface area contributed by atoms with E-state index in [1.165, 1.54) is 0 Å². The molecule has 0 saturated heterocycles. The number of aryl methyl sites for hydroxylation is 1. The fourth-order valence-electron chi connectivity index (χ4n) is 2.15. The summed E-state index contributed by atoms with van der Waals surface area (Å²) in [7, 11) is 1.66. The van der Waals surface area contributed by atoms with Crippen LogP contribution in [0, 0.1) is 0 Å². The number of nitrogen functional groups attached to an aromatic ring is 1. The zero-order valence-electron chi connectivity index (χ0n) is 12.8. The fraction of sp³-hybridized carbons (Fsp3) is 0.562. The third-order valence-corrected chi connectivity index (χ3v) is 3.64. The molecule has 0 radical (unpaired) electrons. The van der Waals surface area contributed by atoms with Crippen molar-refractivity contribution >= 4 is 11.6 Å². The van der Waals surface area contributed by atoms with Gasteiger partial charge in [0.2, 0.25) is 5.91 Å². The molecular weight excluding hydrogens is 252 g/mol. The fourth-order valence-corrected chi connectivity index (χ4v) is 2.15. The molecule has 0 fully saturated rings. The molecule has 1 unspecified atom stereocenters. The van der Waals surface area contributed by atoms with Crippen LogP contribution in [0.4, 0.5) is 5.69 Å². The second-order valence-electron chi connectivity index (χ2n) is 5.04. The van der Waals surface area contributed by atoms with Gasteiger partial charge in [0.25, 0.3) is 0 Å². The summed E-state index contributed by atoms with van der Waals surface area (Å²) in [6.45, 7) is 5.38. The number of nitrogens with zero attached hydrogens (tertiary/aromatic N) is 1. The molecule has 1 aromatic rings. The molecule has 0 bridgehead atoms. The number of rotatable bonds is 8. The quantitative estimate of drug-likeness (QED) is 0.743. The van der Waals surface area contributed by atoms with Crippen molar-refractivity contribution < 1.29 is 9.53 Å². The summed E-state index contributed by atoms with van der Waals surface area (Å²) in [5, 5.41) is 0. The zero-order valence-corrected chi connectivity index (χ0v) is 12.8. The number of methoxy groups -OCH3 is 1. The summed E-state index contributed by atoms with van der Waals surface area (Å²) in [6, 6.07) is 7.95. The summed E-state index contributed by atoms with van der Waals surface area (Å²) < 4.78 is 5.09. The average molecular weight is 278 g/mol. The Morgan fingerprint density at radius 3 is 2.70 bits per heavy atom. The van der Waals surface area contributed by atoms with Crippen molar-refractivity contribution in [3.05, 3.63) is 29.8 Å². The molecule has 0 heterocycles. The van der Waals surface area contributed by atoms with Gasteiger partial charge < -0.3 is 15.4 Å². The molecule has 0 aliphatic rings. The summed E-state index contributed by atoms with van der Waals surface area (Å²) in [4.78, 5) is 14.3. The van der Waals surface area contributed by atoms with Gasteiger partial charge in [0.15, 0.2) is 0 Å². The first-order valence-electron chi connectivity index (χ1n) is 7.21. The van der Waals surface area contributed by atoms with E-state index in [1.807, 2.05) is 29.2 Å². The van der Waals surface area contributed by atoms with E-state index in [0.717, 1.165) is 17.7 Å². The van der Waals surface area contributed by atoms with Crippen LogP contribution in [-0.2, 0) is 16.0 Å². The van der Waals surface area contributed by atoms with Gasteiger partial charge in [-0.2, -0.15) is 0 Å². The summed E-state index contributed by atoms with van der Waals surface area (Å²) >= 11 is 0. The average Bonchev–Trinajstić information content (AvgIpc) is 2.46. The van der Waals surface area contributed by atoms with Crippen LogP contribution < -0.4 is 5.73 Å². The first-order valence-corrected chi connectivity index (χ1v) is 7.21. The van der Waals surface area contributed by atoms with Crippen LogP contribution in [0.5, 0.6) is 0 Å². The van der Waals surface area contributed by atoms with Crippen LogP contribution >= 0.6 is 0 Å². The Bertz CT molecular complexity index is 421. The van der Waals surface area contributed by atoms with Gasteiger partial charge >= 0.3 is 0 Å². The van der Waals surface area contributed by atoms with Gasteiger partial charge in [0.05, 0.1) is 6.61 Å². The number of carbonyl (C=O) groups excluding carboxylic acids is 1. The predicted molar refractivity (Wildman–Crippen MR) is 82.5 cm³/mol. The molecule has 1 atom stereocenters. The van der Waals surface area contributed by atoms with Crippen molar-refractivity contribution in [2.24, 2.45) is 0 Å². The second-order valence-corrected chi connectivity index (χ2v) is 5.04. The van der Waals surface area contributed by atoms with Crippen LogP contribution in [-0.4, -0.2) is 37.1 Å². The minimum atomic E-state index is 0.166. The molecule has 2 N–H and O–H groups in total. The molecule has 0 spiro atoms. The topological polar surface area (TPSA) is 55.6 Å². The molecule has 0 aromatic heterocycles. The molecule has 0 saturated carbocycles. The van der Waals surface area contributed by atoms with E-state index in [1.54, 1.807) is 7.11 Å². The van der Waals surface area contributed by atoms with Crippen LogP contribution in [0.1, 0.15) is 32.3 Å². The lowest BCUT2D eigenvalue weighted by Crippen LogP contribution is -2.40. The van der Waals surface area contributed by atoms with Gasteiger partial charge in [-0.3, -0.25) is 4.79 Å². The summed E-state index contributed by atoms with van der Waals surface area (Å²) in [5.74, 6) is 0.166. The Balaban J connectivity index is 2.59. The van der Waals surface area contributed by atoms with Crippen molar-refractivity contribution in [3.8, 4) is 0 Å². The number of carbonyl (C=O) groups is 1. The number of hydrogen-bond donors (Lipinski definition) is 1. The molecule has 1 amide bonds. The zero-order chi connectivity index (χ0) is 15.0. The Kier molecular flexibility index (Phi) is 7.09. The minimum absolute atomic E-state index is 0.166.